The largest absolute Gasteiger partial charge is 0.382 e. The summed E-state index contributed by atoms with van der Waals surface area (Å²) >= 11 is 1.60. The van der Waals surface area contributed by atoms with Crippen molar-refractivity contribution in [1.82, 2.24) is 10.2 Å². The third-order valence-corrected chi connectivity index (χ3v) is 8.83. The fourth-order valence-electron chi connectivity index (χ4n) is 6.44. The van der Waals surface area contributed by atoms with Gasteiger partial charge in [0.25, 0.3) is 0 Å². The first-order chi connectivity index (χ1) is 18.0. The van der Waals surface area contributed by atoms with Gasteiger partial charge in [0, 0.05) is 36.4 Å². The summed E-state index contributed by atoms with van der Waals surface area (Å²) in [5.41, 5.74) is -0.446. The SMILES string of the molecule is CCOCCCN1C(=O)[C@@H]2[C@H](C(=O)Nc3cccc(SC)c3)[C@@H]3C=C[C@@]2(O3)[C@@H]1C(=O)NC1CCCCC1. The van der Waals surface area contributed by atoms with E-state index in [2.05, 4.69) is 10.6 Å². The Morgan fingerprint density at radius 1 is 1.22 bits per heavy atom. The van der Waals surface area contributed by atoms with Gasteiger partial charge in [0.1, 0.15) is 11.6 Å². The summed E-state index contributed by atoms with van der Waals surface area (Å²) in [6.45, 7) is 3.41. The van der Waals surface area contributed by atoms with E-state index in [1.807, 2.05) is 49.6 Å². The number of nitrogens with one attached hydrogen (secondary N) is 2. The maximum Gasteiger partial charge on any atom is 0.246 e. The third-order valence-electron chi connectivity index (χ3n) is 8.11. The van der Waals surface area contributed by atoms with Gasteiger partial charge in [-0.05, 0) is 50.6 Å². The van der Waals surface area contributed by atoms with Crippen LogP contribution in [0.4, 0.5) is 5.69 Å². The number of carbonyl (C=O) groups is 3. The second-order valence-electron chi connectivity index (χ2n) is 10.3. The molecule has 8 nitrogen and oxygen atoms in total. The lowest BCUT2D eigenvalue weighted by Crippen LogP contribution is -2.56. The molecule has 9 heteroatoms. The van der Waals surface area contributed by atoms with Crippen LogP contribution >= 0.6 is 11.8 Å². The number of ether oxygens (including phenoxy) is 2. The molecule has 3 aliphatic heterocycles. The molecule has 0 aromatic heterocycles. The molecule has 3 fully saturated rings. The smallest absolute Gasteiger partial charge is 0.246 e. The van der Waals surface area contributed by atoms with Crippen LogP contribution in [0.1, 0.15) is 45.4 Å². The molecule has 5 atom stereocenters. The molecule has 0 radical (unpaired) electrons. The molecule has 200 valence electrons. The molecule has 3 amide bonds. The van der Waals surface area contributed by atoms with Gasteiger partial charge in [-0.1, -0.05) is 37.5 Å². The number of likely N-dealkylation sites (tertiary alicyclic amines) is 1. The molecule has 0 unspecified atom stereocenters. The van der Waals surface area contributed by atoms with Crippen LogP contribution in [0, 0.1) is 11.8 Å². The highest BCUT2D eigenvalue weighted by Crippen LogP contribution is 2.55. The van der Waals surface area contributed by atoms with Crippen molar-refractivity contribution < 1.29 is 23.9 Å². The minimum absolute atomic E-state index is 0.113. The Hall–Kier alpha value is -2.36. The Labute approximate surface area is 222 Å². The molecular formula is C28H37N3O5S. The second-order valence-corrected chi connectivity index (χ2v) is 11.2. The van der Waals surface area contributed by atoms with E-state index in [0.29, 0.717) is 31.9 Å². The summed E-state index contributed by atoms with van der Waals surface area (Å²) in [5, 5.41) is 6.22. The second kappa shape index (κ2) is 11.2. The number of benzene rings is 1. The van der Waals surface area contributed by atoms with Crippen molar-refractivity contribution in [2.75, 3.05) is 31.3 Å². The fraction of sp³-hybridized carbons (Fsp3) is 0.607. The van der Waals surface area contributed by atoms with Crippen molar-refractivity contribution in [3.05, 3.63) is 36.4 Å². The zero-order valence-electron chi connectivity index (χ0n) is 21.6. The van der Waals surface area contributed by atoms with E-state index in [1.54, 1.807) is 16.7 Å². The molecule has 2 N–H and O–H groups in total. The fourth-order valence-corrected chi connectivity index (χ4v) is 6.90. The van der Waals surface area contributed by atoms with Crippen LogP contribution in [0.3, 0.4) is 0 Å². The zero-order chi connectivity index (χ0) is 26.0. The molecule has 37 heavy (non-hydrogen) atoms. The summed E-state index contributed by atoms with van der Waals surface area (Å²) in [7, 11) is 0. The topological polar surface area (TPSA) is 97.0 Å². The van der Waals surface area contributed by atoms with Crippen molar-refractivity contribution in [2.45, 2.75) is 74.1 Å². The number of rotatable bonds is 10. The molecule has 1 aliphatic carbocycles. The normalized spacial score (nSPS) is 30.5. The average Bonchev–Trinajstić information content (AvgIpc) is 3.54. The van der Waals surface area contributed by atoms with Crippen molar-refractivity contribution >= 4 is 35.2 Å². The van der Waals surface area contributed by atoms with E-state index in [1.165, 1.54) is 6.42 Å². The predicted molar refractivity (Wildman–Crippen MR) is 142 cm³/mol. The Morgan fingerprint density at radius 3 is 2.78 bits per heavy atom. The van der Waals surface area contributed by atoms with E-state index in [9.17, 15) is 14.4 Å². The highest BCUT2D eigenvalue weighted by Gasteiger charge is 2.72. The maximum atomic E-state index is 13.9. The number of fused-ring (bicyclic) bond motifs is 1. The van der Waals surface area contributed by atoms with Gasteiger partial charge in [0.2, 0.25) is 17.7 Å². The lowest BCUT2D eigenvalue weighted by molar-refractivity contribution is -0.141. The molecule has 1 aromatic rings. The molecule has 2 bridgehead atoms. The van der Waals surface area contributed by atoms with Crippen LogP contribution < -0.4 is 10.6 Å². The van der Waals surface area contributed by atoms with Crippen molar-refractivity contribution in [2.24, 2.45) is 11.8 Å². The van der Waals surface area contributed by atoms with Gasteiger partial charge < -0.3 is 25.0 Å². The third kappa shape index (κ3) is 4.93. The van der Waals surface area contributed by atoms with Crippen LogP contribution in [0.5, 0.6) is 0 Å². The number of hydrogen-bond acceptors (Lipinski definition) is 6. The number of hydrogen-bond donors (Lipinski definition) is 2. The van der Waals surface area contributed by atoms with Crippen molar-refractivity contribution in [3.63, 3.8) is 0 Å². The van der Waals surface area contributed by atoms with E-state index >= 15 is 0 Å². The molecule has 3 heterocycles. The summed E-state index contributed by atoms with van der Waals surface area (Å²) in [5.74, 6) is -2.06. The number of anilines is 1. The van der Waals surface area contributed by atoms with Gasteiger partial charge >= 0.3 is 0 Å². The Morgan fingerprint density at radius 2 is 2.03 bits per heavy atom. The molecule has 4 aliphatic rings. The number of carbonyl (C=O) groups excluding carboxylic acids is 3. The molecular weight excluding hydrogens is 490 g/mol. The zero-order valence-corrected chi connectivity index (χ0v) is 22.4. The van der Waals surface area contributed by atoms with Crippen molar-refractivity contribution in [1.29, 1.82) is 0 Å². The Bertz CT molecular complexity index is 1060. The molecule has 1 spiro atoms. The van der Waals surface area contributed by atoms with E-state index < -0.39 is 29.6 Å². The number of nitrogens with zero attached hydrogens (tertiary/aromatic N) is 1. The highest BCUT2D eigenvalue weighted by atomic mass is 32.2. The monoisotopic (exact) mass is 527 g/mol. The standard InChI is InChI=1S/C28H37N3O5S/c1-3-35-16-8-15-31-24(26(33)29-18-9-5-4-6-10-18)28-14-13-21(36-28)22(23(28)27(31)34)25(32)30-19-11-7-12-20(17-19)37-2/h7,11-14,17-18,21-24H,3-6,8-10,15-16H2,1-2H3,(H,29,33)(H,30,32)/t21-,22+,23-,24-,28-/m0/s1. The van der Waals surface area contributed by atoms with Crippen molar-refractivity contribution in [3.8, 4) is 0 Å². The summed E-state index contributed by atoms with van der Waals surface area (Å²) in [6.07, 6.45) is 11.1. The van der Waals surface area contributed by atoms with E-state index in [0.717, 1.165) is 30.6 Å². The van der Waals surface area contributed by atoms with E-state index in [4.69, 9.17) is 9.47 Å². The minimum atomic E-state index is -1.13. The molecule has 5 rings (SSSR count). The van der Waals surface area contributed by atoms with Crippen LogP contribution in [0.2, 0.25) is 0 Å². The van der Waals surface area contributed by atoms with Crippen LogP contribution in [-0.4, -0.2) is 72.4 Å². The quantitative estimate of drug-likeness (QED) is 0.275. The average molecular weight is 528 g/mol. The van der Waals surface area contributed by atoms with Crippen LogP contribution in [-0.2, 0) is 23.9 Å². The van der Waals surface area contributed by atoms with Gasteiger partial charge in [-0.2, -0.15) is 0 Å². The summed E-state index contributed by atoms with van der Waals surface area (Å²) < 4.78 is 11.9. The Balaban J connectivity index is 1.40. The summed E-state index contributed by atoms with van der Waals surface area (Å²) in [6, 6.07) is 6.95. The lowest BCUT2D eigenvalue weighted by Gasteiger charge is -2.34. The van der Waals surface area contributed by atoms with Gasteiger partial charge in [-0.3, -0.25) is 14.4 Å². The van der Waals surface area contributed by atoms with Gasteiger partial charge in [-0.25, -0.2) is 0 Å². The molecule has 1 saturated carbocycles. The van der Waals surface area contributed by atoms with Crippen LogP contribution in [0.15, 0.2) is 41.3 Å². The van der Waals surface area contributed by atoms with Gasteiger partial charge in [0.05, 0.1) is 17.9 Å². The van der Waals surface area contributed by atoms with Gasteiger partial charge in [0.15, 0.2) is 0 Å². The number of thioether (sulfide) groups is 1. The Kier molecular flexibility index (Phi) is 7.93. The molecule has 1 aromatic carbocycles. The summed E-state index contributed by atoms with van der Waals surface area (Å²) in [4.78, 5) is 43.9. The van der Waals surface area contributed by atoms with Crippen LogP contribution in [0.25, 0.3) is 0 Å². The highest BCUT2D eigenvalue weighted by molar-refractivity contribution is 7.98. The first kappa shape index (κ1) is 26.3. The first-order valence-electron chi connectivity index (χ1n) is 13.5. The van der Waals surface area contributed by atoms with Gasteiger partial charge in [-0.15, -0.1) is 11.8 Å². The van der Waals surface area contributed by atoms with E-state index in [-0.39, 0.29) is 23.8 Å². The predicted octanol–water partition coefficient (Wildman–Crippen LogP) is 3.37. The minimum Gasteiger partial charge on any atom is -0.382 e. The first-order valence-corrected chi connectivity index (χ1v) is 14.7. The maximum absolute atomic E-state index is 13.9. The number of amides is 3. The molecule has 2 saturated heterocycles. The lowest BCUT2D eigenvalue weighted by atomic mass is 9.74.